The summed E-state index contributed by atoms with van der Waals surface area (Å²) in [6.45, 7) is 2.23. The number of nitrogens with one attached hydrogen (secondary N) is 1. The highest BCUT2D eigenvalue weighted by atomic mass is 16.2. The Morgan fingerprint density at radius 2 is 1.67 bits per heavy atom. The minimum absolute atomic E-state index is 0.128. The molecular formula is C20H21N5O2. The van der Waals surface area contributed by atoms with Gasteiger partial charge in [-0.2, -0.15) is 0 Å². The number of hydrogen-bond acceptors (Lipinski definition) is 4. The maximum Gasteiger partial charge on any atom is 0.255 e. The summed E-state index contributed by atoms with van der Waals surface area (Å²) in [4.78, 5) is 26.4. The van der Waals surface area contributed by atoms with Crippen LogP contribution in [0.1, 0.15) is 32.4 Å². The molecule has 1 N–H and O–H groups in total. The molecule has 27 heavy (non-hydrogen) atoms. The van der Waals surface area contributed by atoms with Crippen LogP contribution < -0.4 is 5.32 Å². The maximum atomic E-state index is 12.6. The van der Waals surface area contributed by atoms with Gasteiger partial charge in [0.15, 0.2) is 5.82 Å². The van der Waals surface area contributed by atoms with E-state index in [4.69, 9.17) is 0 Å². The average Bonchev–Trinajstić information content (AvgIpc) is 3.00. The van der Waals surface area contributed by atoms with E-state index in [1.165, 1.54) is 0 Å². The van der Waals surface area contributed by atoms with Crippen molar-refractivity contribution in [1.82, 2.24) is 19.7 Å². The van der Waals surface area contributed by atoms with Crippen LogP contribution in [0.3, 0.4) is 0 Å². The van der Waals surface area contributed by atoms with E-state index in [1.54, 1.807) is 48.3 Å². The van der Waals surface area contributed by atoms with Crippen LogP contribution in [0.2, 0.25) is 0 Å². The summed E-state index contributed by atoms with van der Waals surface area (Å²) < 4.78 is 1.85. The number of aryl methyl sites for hydroxylation is 1. The van der Waals surface area contributed by atoms with E-state index in [2.05, 4.69) is 15.5 Å². The van der Waals surface area contributed by atoms with Crippen molar-refractivity contribution in [3.05, 3.63) is 77.4 Å². The van der Waals surface area contributed by atoms with Gasteiger partial charge in [-0.1, -0.05) is 18.2 Å². The third-order valence-corrected chi connectivity index (χ3v) is 4.33. The van der Waals surface area contributed by atoms with Crippen LogP contribution in [0, 0.1) is 6.92 Å². The number of nitrogens with zero attached hydrogens (tertiary/aromatic N) is 4. The van der Waals surface area contributed by atoms with Crippen LogP contribution >= 0.6 is 0 Å². The summed E-state index contributed by atoms with van der Waals surface area (Å²) in [5, 5.41) is 10.9. The minimum atomic E-state index is -0.190. The highest BCUT2D eigenvalue weighted by Gasteiger charge is 2.15. The number of anilines is 1. The second-order valence-corrected chi connectivity index (χ2v) is 6.28. The lowest BCUT2D eigenvalue weighted by molar-refractivity contribution is 0.0780. The number of rotatable bonds is 5. The lowest BCUT2D eigenvalue weighted by Crippen LogP contribution is -2.27. The van der Waals surface area contributed by atoms with Gasteiger partial charge in [0.25, 0.3) is 11.8 Å². The van der Waals surface area contributed by atoms with Gasteiger partial charge in [-0.15, -0.1) is 10.2 Å². The zero-order chi connectivity index (χ0) is 19.4. The molecule has 0 unspecified atom stereocenters. The first kappa shape index (κ1) is 18.3. The Morgan fingerprint density at radius 3 is 2.26 bits per heavy atom. The van der Waals surface area contributed by atoms with Gasteiger partial charge in [0, 0.05) is 30.9 Å². The molecule has 0 aliphatic heterocycles. The monoisotopic (exact) mass is 363 g/mol. The molecule has 3 aromatic rings. The van der Waals surface area contributed by atoms with Crippen LogP contribution in [-0.4, -0.2) is 38.5 Å². The molecule has 1 heterocycles. The summed E-state index contributed by atoms with van der Waals surface area (Å²) in [7, 11) is 3.59. The molecule has 1 aromatic heterocycles. The van der Waals surface area contributed by atoms with E-state index in [-0.39, 0.29) is 11.8 Å². The van der Waals surface area contributed by atoms with Gasteiger partial charge in [0.1, 0.15) is 5.82 Å². The topological polar surface area (TPSA) is 80.1 Å². The number of aromatic nitrogens is 3. The largest absolute Gasteiger partial charge is 0.334 e. The molecule has 0 aliphatic carbocycles. The number of hydrogen-bond donors (Lipinski definition) is 1. The van der Waals surface area contributed by atoms with Crippen molar-refractivity contribution in [2.45, 2.75) is 13.5 Å². The third-order valence-electron chi connectivity index (χ3n) is 4.33. The van der Waals surface area contributed by atoms with Gasteiger partial charge in [-0.05, 0) is 43.3 Å². The van der Waals surface area contributed by atoms with Crippen molar-refractivity contribution >= 4 is 17.5 Å². The Morgan fingerprint density at radius 1 is 1.00 bits per heavy atom. The van der Waals surface area contributed by atoms with Crippen molar-refractivity contribution in [2.75, 3.05) is 12.4 Å². The summed E-state index contributed by atoms with van der Waals surface area (Å²) in [5.74, 6) is 1.19. The molecule has 2 amide bonds. The predicted molar refractivity (Wildman–Crippen MR) is 102 cm³/mol. The summed E-state index contributed by atoms with van der Waals surface area (Å²) in [5.41, 5.74) is 1.75. The first-order chi connectivity index (χ1) is 13.0. The average molecular weight is 363 g/mol. The predicted octanol–water partition coefficient (Wildman–Crippen LogP) is 2.65. The van der Waals surface area contributed by atoms with Gasteiger partial charge < -0.3 is 14.8 Å². The first-order valence-electron chi connectivity index (χ1n) is 8.52. The van der Waals surface area contributed by atoms with Crippen molar-refractivity contribution in [3.63, 3.8) is 0 Å². The molecule has 138 valence electrons. The Bertz CT molecular complexity index is 948. The fourth-order valence-corrected chi connectivity index (χ4v) is 2.58. The zero-order valence-electron chi connectivity index (χ0n) is 15.5. The molecule has 7 nitrogen and oxygen atoms in total. The summed E-state index contributed by atoms with van der Waals surface area (Å²) in [6, 6.07) is 15.8. The van der Waals surface area contributed by atoms with E-state index >= 15 is 0 Å². The number of amides is 2. The van der Waals surface area contributed by atoms with Crippen molar-refractivity contribution in [2.24, 2.45) is 7.05 Å². The van der Waals surface area contributed by atoms with Crippen molar-refractivity contribution < 1.29 is 9.59 Å². The minimum Gasteiger partial charge on any atom is -0.334 e. The molecule has 0 aliphatic rings. The Labute approximate surface area is 157 Å². The first-order valence-corrected chi connectivity index (χ1v) is 8.52. The fourth-order valence-electron chi connectivity index (χ4n) is 2.58. The van der Waals surface area contributed by atoms with Gasteiger partial charge >= 0.3 is 0 Å². The second-order valence-electron chi connectivity index (χ2n) is 6.28. The lowest BCUT2D eigenvalue weighted by atomic mass is 10.1. The molecule has 0 atom stereocenters. The molecule has 0 spiro atoms. The van der Waals surface area contributed by atoms with Gasteiger partial charge in [-0.3, -0.25) is 9.59 Å². The standard InChI is InChI=1S/C20H21N5O2/c1-14-22-23-18(25(14)3)13-24(2)20(27)16-9-11-17(12-10-16)21-19(26)15-7-5-4-6-8-15/h4-12H,13H2,1-3H3,(H,21,26). The van der Waals surface area contributed by atoms with Crippen molar-refractivity contribution in [1.29, 1.82) is 0 Å². The van der Waals surface area contributed by atoms with Crippen LogP contribution in [0.25, 0.3) is 0 Å². The quantitative estimate of drug-likeness (QED) is 0.756. The van der Waals surface area contributed by atoms with Crippen LogP contribution in [0.4, 0.5) is 5.69 Å². The summed E-state index contributed by atoms with van der Waals surface area (Å²) in [6.07, 6.45) is 0. The van der Waals surface area contributed by atoms with E-state index in [0.717, 1.165) is 11.6 Å². The Kier molecular flexibility index (Phi) is 5.30. The van der Waals surface area contributed by atoms with Gasteiger partial charge in [0.05, 0.1) is 6.54 Å². The molecule has 0 radical (unpaired) electrons. The molecule has 2 aromatic carbocycles. The Balaban J connectivity index is 1.64. The second kappa shape index (κ2) is 7.82. The van der Waals surface area contributed by atoms with E-state index in [1.807, 2.05) is 36.7 Å². The maximum absolute atomic E-state index is 12.6. The molecular weight excluding hydrogens is 342 g/mol. The van der Waals surface area contributed by atoms with Gasteiger partial charge in [-0.25, -0.2) is 0 Å². The molecule has 0 saturated heterocycles. The Hall–Kier alpha value is -3.48. The third kappa shape index (κ3) is 4.20. The fraction of sp³-hybridized carbons (Fsp3) is 0.200. The highest BCUT2D eigenvalue weighted by molar-refractivity contribution is 6.04. The van der Waals surface area contributed by atoms with E-state index in [9.17, 15) is 9.59 Å². The van der Waals surface area contributed by atoms with Gasteiger partial charge in [0.2, 0.25) is 0 Å². The van der Waals surface area contributed by atoms with Crippen molar-refractivity contribution in [3.8, 4) is 0 Å². The SMILES string of the molecule is Cc1nnc(CN(C)C(=O)c2ccc(NC(=O)c3ccccc3)cc2)n1C. The van der Waals surface area contributed by atoms with Crippen LogP contribution in [0.15, 0.2) is 54.6 Å². The molecule has 0 fully saturated rings. The van der Waals surface area contributed by atoms with Crippen LogP contribution in [0.5, 0.6) is 0 Å². The number of benzene rings is 2. The normalized spacial score (nSPS) is 10.5. The smallest absolute Gasteiger partial charge is 0.255 e. The summed E-state index contributed by atoms with van der Waals surface area (Å²) >= 11 is 0. The van der Waals surface area contributed by atoms with E-state index in [0.29, 0.717) is 23.4 Å². The number of carbonyl (C=O) groups excluding carboxylic acids is 2. The lowest BCUT2D eigenvalue weighted by Gasteiger charge is -2.17. The van der Waals surface area contributed by atoms with Crippen LogP contribution in [-0.2, 0) is 13.6 Å². The molecule has 7 heteroatoms. The highest BCUT2D eigenvalue weighted by Crippen LogP contribution is 2.14. The zero-order valence-corrected chi connectivity index (χ0v) is 15.5. The molecule has 0 saturated carbocycles. The molecule has 0 bridgehead atoms. The number of carbonyl (C=O) groups is 2. The molecule has 3 rings (SSSR count). The van der Waals surface area contributed by atoms with E-state index < -0.39 is 0 Å².